The monoisotopic (exact) mass is 473 g/mol. The molecule has 0 unspecified atom stereocenters. The molecule has 0 atom stereocenters. The number of hydrogen-bond donors (Lipinski definition) is 3. The van der Waals surface area contributed by atoms with Crippen molar-refractivity contribution in [3.8, 4) is 11.6 Å². The molecule has 4 rings (SSSR count). The van der Waals surface area contributed by atoms with Crippen molar-refractivity contribution in [2.24, 2.45) is 0 Å². The lowest BCUT2D eigenvalue weighted by atomic mass is 10.1. The molecule has 8 nitrogen and oxygen atoms in total. The summed E-state index contributed by atoms with van der Waals surface area (Å²) in [6.45, 7) is 3.64. The first kappa shape index (κ1) is 23.1. The van der Waals surface area contributed by atoms with Gasteiger partial charge in [0.05, 0.1) is 17.5 Å². The molecule has 3 N–H and O–H groups in total. The van der Waals surface area contributed by atoms with Crippen LogP contribution in [0.5, 0.6) is 0 Å². The van der Waals surface area contributed by atoms with Gasteiger partial charge in [0, 0.05) is 17.1 Å². The zero-order valence-electron chi connectivity index (χ0n) is 18.9. The average Bonchev–Trinajstić information content (AvgIpc) is 3.36. The minimum Gasteiger partial charge on any atom is -0.461 e. The number of rotatable bonds is 6. The van der Waals surface area contributed by atoms with E-state index in [0.717, 1.165) is 5.56 Å². The molecule has 0 spiro atoms. The first-order valence-electron chi connectivity index (χ1n) is 10.5. The quantitative estimate of drug-likeness (QED) is 0.235. The van der Waals surface area contributed by atoms with E-state index in [2.05, 4.69) is 25.9 Å². The summed E-state index contributed by atoms with van der Waals surface area (Å²) in [5.41, 5.74) is 3.57. The van der Waals surface area contributed by atoms with Gasteiger partial charge in [0.2, 0.25) is 0 Å². The number of para-hydroxylation sites is 1. The number of urea groups is 1. The average molecular weight is 474 g/mol. The number of aryl methyl sites for hydroxylation is 2. The highest BCUT2D eigenvalue weighted by Crippen LogP contribution is 2.27. The second kappa shape index (κ2) is 10.2. The number of furan rings is 1. The highest BCUT2D eigenvalue weighted by molar-refractivity contribution is 7.98. The Morgan fingerprint density at radius 2 is 1.65 bits per heavy atom. The molecule has 34 heavy (non-hydrogen) atoms. The van der Waals surface area contributed by atoms with E-state index >= 15 is 0 Å². The van der Waals surface area contributed by atoms with Crippen LogP contribution in [-0.4, -0.2) is 28.2 Å². The molecule has 0 aliphatic heterocycles. The zero-order chi connectivity index (χ0) is 24.1. The minimum absolute atomic E-state index is 0.332. The Balaban J connectivity index is 1.53. The van der Waals surface area contributed by atoms with Gasteiger partial charge in [-0.2, -0.15) is 0 Å². The molecule has 9 heteroatoms. The summed E-state index contributed by atoms with van der Waals surface area (Å²) in [4.78, 5) is 34.5. The first-order chi connectivity index (χ1) is 16.4. The number of anilines is 3. The smallest absolute Gasteiger partial charge is 0.323 e. The van der Waals surface area contributed by atoms with Crippen molar-refractivity contribution in [3.63, 3.8) is 0 Å². The van der Waals surface area contributed by atoms with E-state index < -0.39 is 0 Å². The third-order valence-corrected chi connectivity index (χ3v) is 5.68. The SMILES string of the molecule is CSc1nc(-c2ccco2)nc(C)c1C(=O)Nc1cc(NC(=O)Nc2ccccc2)ccc1C. The number of thioether (sulfide) groups is 1. The van der Waals surface area contributed by atoms with Gasteiger partial charge in [-0.05, 0) is 62.1 Å². The number of carbonyl (C=O) groups is 2. The van der Waals surface area contributed by atoms with E-state index in [9.17, 15) is 9.59 Å². The maximum Gasteiger partial charge on any atom is 0.323 e. The van der Waals surface area contributed by atoms with Gasteiger partial charge in [-0.15, -0.1) is 11.8 Å². The second-order valence-corrected chi connectivity index (χ2v) is 8.22. The van der Waals surface area contributed by atoms with Crippen LogP contribution in [0, 0.1) is 13.8 Å². The lowest BCUT2D eigenvalue weighted by molar-refractivity contribution is 0.102. The van der Waals surface area contributed by atoms with Gasteiger partial charge in [0.15, 0.2) is 11.6 Å². The molecule has 0 fully saturated rings. The molecule has 2 heterocycles. The molecule has 4 aromatic rings. The molecule has 172 valence electrons. The number of nitrogens with one attached hydrogen (secondary N) is 3. The fourth-order valence-electron chi connectivity index (χ4n) is 3.31. The number of benzene rings is 2. The van der Waals surface area contributed by atoms with E-state index in [0.29, 0.717) is 44.9 Å². The van der Waals surface area contributed by atoms with Crippen molar-refractivity contribution in [3.05, 3.63) is 83.7 Å². The summed E-state index contributed by atoms with van der Waals surface area (Å²) in [6, 6.07) is 17.6. The Morgan fingerprint density at radius 3 is 2.35 bits per heavy atom. The number of carbonyl (C=O) groups excluding carboxylic acids is 2. The Kier molecular flexibility index (Phi) is 6.93. The first-order valence-corrected chi connectivity index (χ1v) is 11.7. The van der Waals surface area contributed by atoms with Crippen LogP contribution >= 0.6 is 11.8 Å². The van der Waals surface area contributed by atoms with E-state index in [1.165, 1.54) is 11.8 Å². The standard InChI is InChI=1S/C25H23N5O3S/c1-15-11-12-18(28-25(32)27-17-8-5-4-6-9-17)14-19(15)29-23(31)21-16(2)26-22(30-24(21)34-3)20-10-7-13-33-20/h4-14H,1-3H3,(H,29,31)(H2,27,28,32). The summed E-state index contributed by atoms with van der Waals surface area (Å²) in [5.74, 6) is 0.630. The van der Waals surface area contributed by atoms with Gasteiger partial charge < -0.3 is 20.4 Å². The number of hydrogen-bond acceptors (Lipinski definition) is 6. The summed E-state index contributed by atoms with van der Waals surface area (Å²) in [7, 11) is 0. The lowest BCUT2D eigenvalue weighted by Gasteiger charge is -2.14. The van der Waals surface area contributed by atoms with Crippen LogP contribution in [0.4, 0.5) is 21.9 Å². The third-order valence-electron chi connectivity index (χ3n) is 4.99. The normalized spacial score (nSPS) is 10.6. The van der Waals surface area contributed by atoms with E-state index in [4.69, 9.17) is 4.42 Å². The van der Waals surface area contributed by atoms with Crippen molar-refractivity contribution in [1.82, 2.24) is 9.97 Å². The number of aromatic nitrogens is 2. The van der Waals surface area contributed by atoms with Crippen LogP contribution < -0.4 is 16.0 Å². The minimum atomic E-state index is -0.380. The molecule has 3 amide bonds. The van der Waals surface area contributed by atoms with E-state index in [1.54, 1.807) is 49.6 Å². The molecular formula is C25H23N5O3S. The molecule has 0 bridgehead atoms. The summed E-state index contributed by atoms with van der Waals surface area (Å²) in [6.07, 6.45) is 3.41. The van der Waals surface area contributed by atoms with Gasteiger partial charge in [-0.25, -0.2) is 14.8 Å². The number of nitrogens with zero attached hydrogens (tertiary/aromatic N) is 2. The van der Waals surface area contributed by atoms with Crippen LogP contribution in [0.15, 0.2) is 76.4 Å². The van der Waals surface area contributed by atoms with Crippen LogP contribution in [0.1, 0.15) is 21.6 Å². The molecule has 0 aliphatic carbocycles. The van der Waals surface area contributed by atoms with Crippen molar-refractivity contribution >= 4 is 40.8 Å². The Labute approximate surface area is 201 Å². The fraction of sp³-hybridized carbons (Fsp3) is 0.120. The van der Waals surface area contributed by atoms with Gasteiger partial charge in [0.25, 0.3) is 5.91 Å². The van der Waals surface area contributed by atoms with Crippen LogP contribution in [-0.2, 0) is 0 Å². The molecule has 0 radical (unpaired) electrons. The van der Waals surface area contributed by atoms with Crippen molar-refractivity contribution in [2.45, 2.75) is 18.9 Å². The Morgan fingerprint density at radius 1 is 0.882 bits per heavy atom. The fourth-order valence-corrected chi connectivity index (χ4v) is 3.93. The van der Waals surface area contributed by atoms with Gasteiger partial charge >= 0.3 is 6.03 Å². The summed E-state index contributed by atoms with van der Waals surface area (Å²) in [5, 5.41) is 9.03. The highest BCUT2D eigenvalue weighted by atomic mass is 32.2. The van der Waals surface area contributed by atoms with Crippen LogP contribution in [0.2, 0.25) is 0 Å². The molecule has 2 aromatic heterocycles. The van der Waals surface area contributed by atoms with Crippen molar-refractivity contribution in [1.29, 1.82) is 0 Å². The van der Waals surface area contributed by atoms with Gasteiger partial charge in [0.1, 0.15) is 5.03 Å². The molecule has 0 saturated heterocycles. The molecular weight excluding hydrogens is 450 g/mol. The van der Waals surface area contributed by atoms with Crippen LogP contribution in [0.3, 0.4) is 0 Å². The lowest BCUT2D eigenvalue weighted by Crippen LogP contribution is -2.20. The second-order valence-electron chi connectivity index (χ2n) is 7.42. The number of amides is 3. The Bertz CT molecular complexity index is 1320. The maximum absolute atomic E-state index is 13.2. The Hall–Kier alpha value is -4.11. The largest absolute Gasteiger partial charge is 0.461 e. The predicted octanol–water partition coefficient (Wildman–Crippen LogP) is 5.97. The van der Waals surface area contributed by atoms with E-state index in [1.807, 2.05) is 37.4 Å². The zero-order valence-corrected chi connectivity index (χ0v) is 19.7. The van der Waals surface area contributed by atoms with Crippen molar-refractivity contribution < 1.29 is 14.0 Å². The summed E-state index contributed by atoms with van der Waals surface area (Å²) >= 11 is 1.36. The van der Waals surface area contributed by atoms with Gasteiger partial charge in [-0.3, -0.25) is 4.79 Å². The van der Waals surface area contributed by atoms with Crippen LogP contribution in [0.25, 0.3) is 11.6 Å². The topological polar surface area (TPSA) is 109 Å². The molecule has 0 saturated carbocycles. The van der Waals surface area contributed by atoms with Crippen molar-refractivity contribution in [2.75, 3.05) is 22.2 Å². The van der Waals surface area contributed by atoms with Gasteiger partial charge in [-0.1, -0.05) is 24.3 Å². The summed E-state index contributed by atoms with van der Waals surface area (Å²) < 4.78 is 5.39. The third kappa shape index (κ3) is 5.26. The molecule has 2 aromatic carbocycles. The molecule has 0 aliphatic rings. The van der Waals surface area contributed by atoms with E-state index in [-0.39, 0.29) is 11.9 Å². The highest BCUT2D eigenvalue weighted by Gasteiger charge is 2.20. The predicted molar refractivity (Wildman–Crippen MR) is 134 cm³/mol. The maximum atomic E-state index is 13.2.